The molecule has 1 aliphatic heterocycles. The van der Waals surface area contributed by atoms with Crippen molar-refractivity contribution in [2.45, 2.75) is 12.6 Å². The minimum Gasteiger partial charge on any atom is -0.493 e. The van der Waals surface area contributed by atoms with Crippen LogP contribution in [-0.2, 0) is 6.54 Å². The number of para-hydroxylation sites is 1. The Bertz CT molecular complexity index is 1290. The molecule has 2 heterocycles. The maximum Gasteiger partial charge on any atom is 0.173 e. The first kappa shape index (κ1) is 23.7. The zero-order valence-electron chi connectivity index (χ0n) is 20.4. The molecule has 3 aromatic carbocycles. The Labute approximate surface area is 209 Å². The van der Waals surface area contributed by atoms with E-state index in [0.717, 1.165) is 17.0 Å². The standard InChI is InChI=1S/C27H29FN6O2/c1-35-24-13-12-21(18-25(24)36-2)26(27-29-30-31-34(27)19-20-8-4-3-5-9-20)33-16-14-32(15-17-33)23-11-7-6-10-22(23)28/h3-13,18,26H,14-17,19H2,1-2H3/t26-/m1/s1. The summed E-state index contributed by atoms with van der Waals surface area (Å²) in [6.07, 6.45) is 0. The Hall–Kier alpha value is -3.98. The van der Waals surface area contributed by atoms with Crippen LogP contribution in [0.4, 0.5) is 10.1 Å². The zero-order valence-corrected chi connectivity index (χ0v) is 20.4. The first-order valence-corrected chi connectivity index (χ1v) is 11.9. The van der Waals surface area contributed by atoms with Gasteiger partial charge in [0.2, 0.25) is 0 Å². The lowest BCUT2D eigenvalue weighted by Crippen LogP contribution is -2.48. The fourth-order valence-corrected chi connectivity index (χ4v) is 4.75. The van der Waals surface area contributed by atoms with Crippen LogP contribution in [0, 0.1) is 5.82 Å². The summed E-state index contributed by atoms with van der Waals surface area (Å²) in [4.78, 5) is 4.43. The second kappa shape index (κ2) is 10.7. The van der Waals surface area contributed by atoms with Crippen LogP contribution in [-0.4, -0.2) is 65.5 Å². The Kier molecular flexibility index (Phi) is 7.08. The largest absolute Gasteiger partial charge is 0.493 e. The second-order valence-corrected chi connectivity index (χ2v) is 8.67. The van der Waals surface area contributed by atoms with E-state index in [-0.39, 0.29) is 11.9 Å². The van der Waals surface area contributed by atoms with Gasteiger partial charge in [0.1, 0.15) is 5.82 Å². The summed E-state index contributed by atoms with van der Waals surface area (Å²) in [5, 5.41) is 12.8. The van der Waals surface area contributed by atoms with E-state index < -0.39 is 0 Å². The van der Waals surface area contributed by atoms with Crippen LogP contribution < -0.4 is 14.4 Å². The number of tetrazole rings is 1. The van der Waals surface area contributed by atoms with Crippen molar-refractivity contribution < 1.29 is 13.9 Å². The van der Waals surface area contributed by atoms with Crippen molar-refractivity contribution in [2.75, 3.05) is 45.3 Å². The summed E-state index contributed by atoms with van der Waals surface area (Å²) in [6.45, 7) is 3.36. The van der Waals surface area contributed by atoms with Crippen molar-refractivity contribution in [3.8, 4) is 11.5 Å². The summed E-state index contributed by atoms with van der Waals surface area (Å²) in [5.74, 6) is 1.85. The molecule has 5 rings (SSSR count). The van der Waals surface area contributed by atoms with Crippen LogP contribution in [0.3, 0.4) is 0 Å². The number of hydrogen-bond donors (Lipinski definition) is 0. The minimum absolute atomic E-state index is 0.200. The molecule has 0 bridgehead atoms. The summed E-state index contributed by atoms with van der Waals surface area (Å²) in [7, 11) is 3.25. The van der Waals surface area contributed by atoms with E-state index >= 15 is 0 Å². The third-order valence-electron chi connectivity index (χ3n) is 6.58. The fraction of sp³-hybridized carbons (Fsp3) is 0.296. The van der Waals surface area contributed by atoms with Crippen molar-refractivity contribution >= 4 is 5.69 Å². The van der Waals surface area contributed by atoms with E-state index in [9.17, 15) is 4.39 Å². The molecular weight excluding hydrogens is 459 g/mol. The SMILES string of the molecule is COc1ccc([C@H](c2nnnn2Cc2ccccc2)N2CCN(c3ccccc3F)CC2)cc1OC. The third-order valence-corrected chi connectivity index (χ3v) is 6.58. The number of aromatic nitrogens is 4. The van der Waals surface area contributed by atoms with E-state index in [1.807, 2.05) is 53.2 Å². The van der Waals surface area contributed by atoms with Crippen molar-refractivity contribution in [3.63, 3.8) is 0 Å². The molecule has 36 heavy (non-hydrogen) atoms. The number of anilines is 1. The Morgan fingerprint density at radius 3 is 2.31 bits per heavy atom. The number of benzene rings is 3. The molecule has 0 amide bonds. The Morgan fingerprint density at radius 1 is 0.861 bits per heavy atom. The fourth-order valence-electron chi connectivity index (χ4n) is 4.75. The molecule has 1 fully saturated rings. The molecule has 0 saturated carbocycles. The summed E-state index contributed by atoms with van der Waals surface area (Å²) in [6, 6.07) is 22.7. The molecule has 0 N–H and O–H groups in total. The molecule has 1 saturated heterocycles. The monoisotopic (exact) mass is 488 g/mol. The van der Waals surface area contributed by atoms with Gasteiger partial charge in [-0.05, 0) is 45.8 Å². The number of halogens is 1. The highest BCUT2D eigenvalue weighted by Crippen LogP contribution is 2.35. The number of rotatable bonds is 8. The maximum absolute atomic E-state index is 14.4. The Morgan fingerprint density at radius 2 is 1.58 bits per heavy atom. The molecule has 0 spiro atoms. The molecular formula is C27H29FN6O2. The lowest BCUT2D eigenvalue weighted by Gasteiger charge is -2.40. The quantitative estimate of drug-likeness (QED) is 0.374. The second-order valence-electron chi connectivity index (χ2n) is 8.67. The predicted molar refractivity (Wildman–Crippen MR) is 135 cm³/mol. The molecule has 9 heteroatoms. The van der Waals surface area contributed by atoms with Gasteiger partial charge in [0.15, 0.2) is 17.3 Å². The van der Waals surface area contributed by atoms with Crippen LogP contribution in [0.1, 0.15) is 23.0 Å². The first-order valence-electron chi connectivity index (χ1n) is 11.9. The van der Waals surface area contributed by atoms with Gasteiger partial charge in [0.05, 0.1) is 32.5 Å². The van der Waals surface area contributed by atoms with Crippen LogP contribution >= 0.6 is 0 Å². The average molecular weight is 489 g/mol. The van der Waals surface area contributed by atoms with Gasteiger partial charge in [-0.2, -0.15) is 0 Å². The number of ether oxygens (including phenoxy) is 2. The number of nitrogens with zero attached hydrogens (tertiary/aromatic N) is 6. The molecule has 1 aromatic heterocycles. The highest BCUT2D eigenvalue weighted by Gasteiger charge is 2.32. The zero-order chi connectivity index (χ0) is 24.9. The van der Waals surface area contributed by atoms with Crippen LogP contribution in [0.25, 0.3) is 0 Å². The van der Waals surface area contributed by atoms with Gasteiger partial charge in [0, 0.05) is 26.2 Å². The Balaban J connectivity index is 1.48. The van der Waals surface area contributed by atoms with Crippen LogP contribution in [0.15, 0.2) is 72.8 Å². The average Bonchev–Trinajstić information content (AvgIpc) is 3.37. The summed E-state index contributed by atoms with van der Waals surface area (Å²) < 4.78 is 27.3. The van der Waals surface area contributed by atoms with Crippen molar-refractivity contribution in [2.24, 2.45) is 0 Å². The van der Waals surface area contributed by atoms with E-state index in [1.165, 1.54) is 6.07 Å². The van der Waals surface area contributed by atoms with E-state index in [2.05, 4.69) is 37.5 Å². The molecule has 186 valence electrons. The van der Waals surface area contributed by atoms with Crippen molar-refractivity contribution in [3.05, 3.63) is 95.6 Å². The van der Waals surface area contributed by atoms with E-state index in [1.54, 1.807) is 20.3 Å². The van der Waals surface area contributed by atoms with Crippen LogP contribution in [0.5, 0.6) is 11.5 Å². The van der Waals surface area contributed by atoms with Gasteiger partial charge in [-0.25, -0.2) is 9.07 Å². The van der Waals surface area contributed by atoms with E-state index in [4.69, 9.17) is 9.47 Å². The molecule has 0 radical (unpaired) electrons. The molecule has 1 atom stereocenters. The number of piperazine rings is 1. The van der Waals surface area contributed by atoms with Gasteiger partial charge in [-0.1, -0.05) is 48.5 Å². The van der Waals surface area contributed by atoms with Crippen molar-refractivity contribution in [1.82, 2.24) is 25.1 Å². The summed E-state index contributed by atoms with van der Waals surface area (Å²) in [5.41, 5.74) is 2.74. The van der Waals surface area contributed by atoms with Gasteiger partial charge in [-0.15, -0.1) is 5.10 Å². The summed E-state index contributed by atoms with van der Waals surface area (Å²) >= 11 is 0. The molecule has 0 aliphatic carbocycles. The highest BCUT2D eigenvalue weighted by molar-refractivity contribution is 5.48. The van der Waals surface area contributed by atoms with E-state index in [0.29, 0.717) is 49.9 Å². The first-order chi connectivity index (χ1) is 17.7. The van der Waals surface area contributed by atoms with Crippen molar-refractivity contribution in [1.29, 1.82) is 0 Å². The molecule has 4 aromatic rings. The van der Waals surface area contributed by atoms with Gasteiger partial charge in [0.25, 0.3) is 0 Å². The maximum atomic E-state index is 14.4. The lowest BCUT2D eigenvalue weighted by atomic mass is 10.0. The van der Waals surface area contributed by atoms with Gasteiger partial charge in [-0.3, -0.25) is 4.90 Å². The number of methoxy groups -OCH3 is 2. The molecule has 8 nitrogen and oxygen atoms in total. The topological polar surface area (TPSA) is 68.5 Å². The minimum atomic E-state index is -0.216. The lowest BCUT2D eigenvalue weighted by molar-refractivity contribution is 0.200. The normalized spacial score (nSPS) is 15.0. The smallest absolute Gasteiger partial charge is 0.173 e. The third kappa shape index (κ3) is 4.87. The number of hydrogen-bond acceptors (Lipinski definition) is 7. The molecule has 0 unspecified atom stereocenters. The van der Waals surface area contributed by atoms with Gasteiger partial charge >= 0.3 is 0 Å². The highest BCUT2D eigenvalue weighted by atomic mass is 19.1. The van der Waals surface area contributed by atoms with Crippen LogP contribution in [0.2, 0.25) is 0 Å². The molecule has 1 aliphatic rings. The van der Waals surface area contributed by atoms with Gasteiger partial charge < -0.3 is 14.4 Å². The predicted octanol–water partition coefficient (Wildman–Crippen LogP) is 3.79.